The van der Waals surface area contributed by atoms with Gasteiger partial charge in [-0.3, -0.25) is 9.78 Å². The van der Waals surface area contributed by atoms with Crippen LogP contribution in [0.5, 0.6) is 11.5 Å². The summed E-state index contributed by atoms with van der Waals surface area (Å²) in [4.78, 5) is 16.1. The van der Waals surface area contributed by atoms with E-state index in [2.05, 4.69) is 10.3 Å². The van der Waals surface area contributed by atoms with Crippen molar-refractivity contribution >= 4 is 16.8 Å². The molecule has 5 heteroatoms. The molecule has 1 heterocycles. The third-order valence-corrected chi connectivity index (χ3v) is 4.10. The number of benzene rings is 2. The first-order valence-electron chi connectivity index (χ1n) is 8.11. The van der Waals surface area contributed by atoms with E-state index in [-0.39, 0.29) is 11.7 Å². The zero-order valence-electron chi connectivity index (χ0n) is 14.4. The largest absolute Gasteiger partial charge is 0.453 e. The third kappa shape index (κ3) is 3.31. The third-order valence-electron chi connectivity index (χ3n) is 4.10. The minimum Gasteiger partial charge on any atom is -0.453 e. The second-order valence-corrected chi connectivity index (χ2v) is 5.80. The van der Waals surface area contributed by atoms with E-state index in [1.165, 1.54) is 6.07 Å². The molecule has 0 saturated heterocycles. The van der Waals surface area contributed by atoms with Crippen LogP contribution < -0.4 is 10.1 Å². The van der Waals surface area contributed by atoms with Gasteiger partial charge in [0.2, 0.25) is 0 Å². The quantitative estimate of drug-likeness (QED) is 0.767. The average molecular weight is 338 g/mol. The van der Waals surface area contributed by atoms with Gasteiger partial charge in [-0.05, 0) is 54.8 Å². The number of pyridine rings is 1. The maximum absolute atomic E-state index is 14.4. The van der Waals surface area contributed by atoms with Crippen molar-refractivity contribution in [3.63, 3.8) is 0 Å². The van der Waals surface area contributed by atoms with Crippen LogP contribution in [0.3, 0.4) is 0 Å². The Morgan fingerprint density at radius 1 is 1.24 bits per heavy atom. The topological polar surface area (TPSA) is 51.2 Å². The number of halogens is 1. The predicted octanol–water partition coefficient (Wildman–Crippen LogP) is 4.40. The molecule has 0 aliphatic carbocycles. The second kappa shape index (κ2) is 6.89. The molecule has 3 rings (SSSR count). The lowest BCUT2D eigenvalue weighted by atomic mass is 10.1. The number of fused-ring (bicyclic) bond motifs is 1. The molecule has 3 aromatic rings. The number of carbonyl (C=O) groups excluding carboxylic acids is 1. The second-order valence-electron chi connectivity index (χ2n) is 5.80. The molecule has 1 N–H and O–H groups in total. The average Bonchev–Trinajstić information content (AvgIpc) is 2.63. The van der Waals surface area contributed by atoms with Crippen LogP contribution in [-0.4, -0.2) is 17.9 Å². The first-order valence-corrected chi connectivity index (χ1v) is 8.11. The van der Waals surface area contributed by atoms with Crippen molar-refractivity contribution in [2.75, 3.05) is 7.05 Å². The summed E-state index contributed by atoms with van der Waals surface area (Å²) in [6.45, 7) is 3.79. The minimum atomic E-state index is -0.399. The van der Waals surface area contributed by atoms with Crippen molar-refractivity contribution < 1.29 is 13.9 Å². The van der Waals surface area contributed by atoms with Crippen molar-refractivity contribution in [1.29, 1.82) is 0 Å². The van der Waals surface area contributed by atoms with Gasteiger partial charge in [-0.15, -0.1) is 0 Å². The van der Waals surface area contributed by atoms with Gasteiger partial charge in [-0.25, -0.2) is 4.39 Å². The van der Waals surface area contributed by atoms with Crippen molar-refractivity contribution in [2.24, 2.45) is 0 Å². The zero-order valence-corrected chi connectivity index (χ0v) is 14.4. The molecule has 4 nitrogen and oxygen atoms in total. The predicted molar refractivity (Wildman–Crippen MR) is 95.7 cm³/mol. The summed E-state index contributed by atoms with van der Waals surface area (Å²) in [5.41, 5.74) is 2.81. The van der Waals surface area contributed by atoms with Gasteiger partial charge in [0.05, 0.1) is 5.52 Å². The summed E-state index contributed by atoms with van der Waals surface area (Å²) in [6, 6.07) is 10.2. The molecule has 1 amide bonds. The van der Waals surface area contributed by atoms with E-state index in [0.29, 0.717) is 22.2 Å². The molecule has 0 bridgehead atoms. The van der Waals surface area contributed by atoms with Crippen LogP contribution in [0.2, 0.25) is 0 Å². The number of hydrogen-bond acceptors (Lipinski definition) is 3. The molecule has 128 valence electrons. The monoisotopic (exact) mass is 338 g/mol. The van der Waals surface area contributed by atoms with Crippen LogP contribution in [-0.2, 0) is 6.42 Å². The number of rotatable bonds is 4. The fourth-order valence-electron chi connectivity index (χ4n) is 2.74. The number of nitrogens with zero attached hydrogens (tertiary/aromatic N) is 1. The molecule has 2 aromatic carbocycles. The fourth-order valence-corrected chi connectivity index (χ4v) is 2.74. The van der Waals surface area contributed by atoms with Crippen LogP contribution in [0, 0.1) is 12.7 Å². The Kier molecular flexibility index (Phi) is 4.65. The van der Waals surface area contributed by atoms with E-state index >= 15 is 0 Å². The van der Waals surface area contributed by atoms with Gasteiger partial charge in [0.15, 0.2) is 11.6 Å². The van der Waals surface area contributed by atoms with E-state index in [1.807, 2.05) is 19.9 Å². The summed E-state index contributed by atoms with van der Waals surface area (Å²) >= 11 is 0. The number of carbonyl (C=O) groups is 1. The van der Waals surface area contributed by atoms with E-state index in [4.69, 9.17) is 4.74 Å². The number of aromatic nitrogens is 1. The lowest BCUT2D eigenvalue weighted by molar-refractivity contribution is 0.0963. The minimum absolute atomic E-state index is 0.190. The normalized spacial score (nSPS) is 10.7. The van der Waals surface area contributed by atoms with Crippen molar-refractivity contribution in [3.8, 4) is 11.5 Å². The maximum Gasteiger partial charge on any atom is 0.251 e. The van der Waals surface area contributed by atoms with E-state index in [1.54, 1.807) is 37.5 Å². The van der Waals surface area contributed by atoms with Gasteiger partial charge < -0.3 is 10.1 Å². The number of aryl methyl sites for hydroxylation is 2. The molecular formula is C20H19FN2O2. The molecule has 0 fully saturated rings. The summed E-state index contributed by atoms with van der Waals surface area (Å²) in [5, 5.41) is 3.24. The molecule has 0 aliphatic heterocycles. The number of amides is 1. The first kappa shape index (κ1) is 16.9. The summed E-state index contributed by atoms with van der Waals surface area (Å²) < 4.78 is 20.3. The number of ether oxygens (including phenoxy) is 1. The fraction of sp³-hybridized carbons (Fsp3) is 0.200. The smallest absolute Gasteiger partial charge is 0.251 e. The van der Waals surface area contributed by atoms with E-state index in [9.17, 15) is 9.18 Å². The van der Waals surface area contributed by atoms with Gasteiger partial charge in [0.25, 0.3) is 5.91 Å². The Morgan fingerprint density at radius 2 is 2.04 bits per heavy atom. The van der Waals surface area contributed by atoms with Gasteiger partial charge in [0.1, 0.15) is 5.75 Å². The van der Waals surface area contributed by atoms with E-state index < -0.39 is 5.82 Å². The van der Waals surface area contributed by atoms with Crippen molar-refractivity contribution in [3.05, 3.63) is 65.1 Å². The Bertz CT molecular complexity index is 931. The SMILES string of the molecule is CCc1cc(C)c(Oc2ccnc3ccc(C(=O)NC)cc23)c(F)c1. The molecule has 0 saturated carbocycles. The zero-order chi connectivity index (χ0) is 18.0. The Morgan fingerprint density at radius 3 is 2.72 bits per heavy atom. The molecule has 1 aromatic heterocycles. The molecule has 0 atom stereocenters. The molecule has 0 unspecified atom stereocenters. The number of hydrogen-bond donors (Lipinski definition) is 1. The van der Waals surface area contributed by atoms with Gasteiger partial charge >= 0.3 is 0 Å². The van der Waals surface area contributed by atoms with Crippen LogP contribution in [0.15, 0.2) is 42.6 Å². The highest BCUT2D eigenvalue weighted by atomic mass is 19.1. The molecule has 25 heavy (non-hydrogen) atoms. The summed E-state index contributed by atoms with van der Waals surface area (Å²) in [6.07, 6.45) is 2.36. The highest BCUT2D eigenvalue weighted by Gasteiger charge is 2.14. The molecule has 0 spiro atoms. The van der Waals surface area contributed by atoms with Crippen LogP contribution in [0.4, 0.5) is 4.39 Å². The Balaban J connectivity index is 2.09. The molecular weight excluding hydrogens is 319 g/mol. The highest BCUT2D eigenvalue weighted by Crippen LogP contribution is 2.33. The van der Waals surface area contributed by atoms with E-state index in [0.717, 1.165) is 17.5 Å². The summed E-state index contributed by atoms with van der Waals surface area (Å²) in [5.74, 6) is 0.0488. The standard InChI is InChI=1S/C20H19FN2O2/c1-4-13-9-12(2)19(16(21)10-13)25-18-7-8-23-17-6-5-14(11-15(17)18)20(24)22-3/h5-11H,4H2,1-3H3,(H,22,24). The molecule has 0 radical (unpaired) electrons. The van der Waals surface area contributed by atoms with Gasteiger partial charge in [-0.2, -0.15) is 0 Å². The first-order chi connectivity index (χ1) is 12.0. The number of nitrogens with one attached hydrogen (secondary N) is 1. The van der Waals surface area contributed by atoms with Gasteiger partial charge in [-0.1, -0.05) is 13.0 Å². The van der Waals surface area contributed by atoms with Crippen molar-refractivity contribution in [2.45, 2.75) is 20.3 Å². The van der Waals surface area contributed by atoms with Crippen LogP contribution >= 0.6 is 0 Å². The maximum atomic E-state index is 14.4. The molecule has 0 aliphatic rings. The highest BCUT2D eigenvalue weighted by molar-refractivity contribution is 5.99. The van der Waals surface area contributed by atoms with Gasteiger partial charge in [0, 0.05) is 24.2 Å². The lowest BCUT2D eigenvalue weighted by Gasteiger charge is -2.13. The Hall–Kier alpha value is -2.95. The van der Waals surface area contributed by atoms with Crippen molar-refractivity contribution in [1.82, 2.24) is 10.3 Å². The summed E-state index contributed by atoms with van der Waals surface area (Å²) in [7, 11) is 1.57. The van der Waals surface area contributed by atoms with Crippen LogP contribution in [0.25, 0.3) is 10.9 Å². The Labute approximate surface area is 145 Å². The van der Waals surface area contributed by atoms with Crippen LogP contribution in [0.1, 0.15) is 28.4 Å². The lowest BCUT2D eigenvalue weighted by Crippen LogP contribution is -2.17.